The van der Waals surface area contributed by atoms with E-state index in [9.17, 15) is 0 Å². The van der Waals surface area contributed by atoms with Gasteiger partial charge < -0.3 is 5.32 Å². The predicted molar refractivity (Wildman–Crippen MR) is 68.7 cm³/mol. The van der Waals surface area contributed by atoms with Crippen molar-refractivity contribution in [1.82, 2.24) is 4.98 Å². The van der Waals surface area contributed by atoms with E-state index in [0.717, 1.165) is 26.8 Å². The lowest BCUT2D eigenvalue weighted by atomic mass is 10.1. The lowest BCUT2D eigenvalue weighted by Crippen LogP contribution is -1.96. The summed E-state index contributed by atoms with van der Waals surface area (Å²) in [6.45, 7) is 2.03. The van der Waals surface area contributed by atoms with Gasteiger partial charge in [-0.1, -0.05) is 17.7 Å². The third-order valence-electron chi connectivity index (χ3n) is 2.31. The number of benzene rings is 1. The summed E-state index contributed by atoms with van der Waals surface area (Å²) in [5.41, 5.74) is 2.01. The van der Waals surface area contributed by atoms with Gasteiger partial charge in [-0.05, 0) is 40.5 Å². The molecule has 1 aromatic heterocycles. The zero-order valence-electron chi connectivity index (χ0n) is 8.44. The molecule has 0 aliphatic carbocycles. The maximum atomic E-state index is 6.02. The normalized spacial score (nSPS) is 10.7. The lowest BCUT2D eigenvalue weighted by molar-refractivity contribution is 1.28. The summed E-state index contributed by atoms with van der Waals surface area (Å²) in [7, 11) is 1.86. The molecule has 0 atom stereocenters. The number of fused-ring (bicyclic) bond motifs is 1. The van der Waals surface area contributed by atoms with E-state index in [2.05, 4.69) is 32.3 Å². The maximum Gasteiger partial charge on any atom is 0.129 e. The quantitative estimate of drug-likeness (QED) is 0.856. The SMILES string of the molecule is CNc1nc2c(Br)c(Cl)ccc2cc1C. The molecule has 0 amide bonds. The summed E-state index contributed by atoms with van der Waals surface area (Å²) in [5.74, 6) is 0.880. The number of hydrogen-bond donors (Lipinski definition) is 1. The van der Waals surface area contributed by atoms with E-state index in [1.165, 1.54) is 0 Å². The molecule has 0 saturated carbocycles. The Kier molecular flexibility index (Phi) is 2.85. The summed E-state index contributed by atoms with van der Waals surface area (Å²) in [6, 6.07) is 5.94. The van der Waals surface area contributed by atoms with E-state index >= 15 is 0 Å². The van der Waals surface area contributed by atoms with E-state index in [0.29, 0.717) is 5.02 Å². The van der Waals surface area contributed by atoms with Crippen LogP contribution >= 0.6 is 27.5 Å². The Labute approximate surface area is 102 Å². The Morgan fingerprint density at radius 1 is 1.40 bits per heavy atom. The molecule has 0 radical (unpaired) electrons. The first-order valence-corrected chi connectivity index (χ1v) is 5.73. The molecular formula is C11H10BrClN2. The first-order chi connectivity index (χ1) is 7.13. The van der Waals surface area contributed by atoms with Gasteiger partial charge in [-0.25, -0.2) is 4.98 Å². The molecule has 0 fully saturated rings. The second kappa shape index (κ2) is 3.99. The van der Waals surface area contributed by atoms with Gasteiger partial charge in [0.05, 0.1) is 15.0 Å². The summed E-state index contributed by atoms with van der Waals surface area (Å²) >= 11 is 9.46. The Balaban J connectivity index is 2.82. The minimum Gasteiger partial charge on any atom is -0.373 e. The smallest absolute Gasteiger partial charge is 0.129 e. The Morgan fingerprint density at radius 3 is 2.80 bits per heavy atom. The molecule has 1 N–H and O–H groups in total. The van der Waals surface area contributed by atoms with Gasteiger partial charge in [0.1, 0.15) is 5.82 Å². The number of pyridine rings is 1. The summed E-state index contributed by atoms with van der Waals surface area (Å²) in [6.07, 6.45) is 0. The van der Waals surface area contributed by atoms with Gasteiger partial charge in [0, 0.05) is 12.4 Å². The Bertz CT molecular complexity index is 525. The molecule has 1 heterocycles. The number of anilines is 1. The number of nitrogens with zero attached hydrogens (tertiary/aromatic N) is 1. The fourth-order valence-electron chi connectivity index (χ4n) is 1.54. The highest BCUT2D eigenvalue weighted by atomic mass is 79.9. The third kappa shape index (κ3) is 1.82. The van der Waals surface area contributed by atoms with Crippen molar-refractivity contribution in [2.24, 2.45) is 0 Å². The van der Waals surface area contributed by atoms with Crippen LogP contribution in [0.1, 0.15) is 5.56 Å². The van der Waals surface area contributed by atoms with Gasteiger partial charge >= 0.3 is 0 Å². The van der Waals surface area contributed by atoms with Crippen molar-refractivity contribution in [2.45, 2.75) is 6.92 Å². The Morgan fingerprint density at radius 2 is 2.13 bits per heavy atom. The summed E-state index contributed by atoms with van der Waals surface area (Å²) in [5, 5.41) is 4.83. The second-order valence-corrected chi connectivity index (χ2v) is 4.54. The lowest BCUT2D eigenvalue weighted by Gasteiger charge is -2.08. The average Bonchev–Trinajstić information content (AvgIpc) is 2.23. The van der Waals surface area contributed by atoms with E-state index in [-0.39, 0.29) is 0 Å². The average molecular weight is 286 g/mol. The number of halogens is 2. The zero-order chi connectivity index (χ0) is 11.0. The van der Waals surface area contributed by atoms with E-state index in [4.69, 9.17) is 11.6 Å². The topological polar surface area (TPSA) is 24.9 Å². The van der Waals surface area contributed by atoms with Gasteiger partial charge in [0.2, 0.25) is 0 Å². The largest absolute Gasteiger partial charge is 0.373 e. The van der Waals surface area contributed by atoms with Crippen LogP contribution in [0.15, 0.2) is 22.7 Å². The molecule has 1 aromatic carbocycles. The third-order valence-corrected chi connectivity index (χ3v) is 3.65. The zero-order valence-corrected chi connectivity index (χ0v) is 10.8. The number of hydrogen-bond acceptors (Lipinski definition) is 2. The maximum absolute atomic E-state index is 6.02. The minimum absolute atomic E-state index is 0.681. The van der Waals surface area contributed by atoms with E-state index < -0.39 is 0 Å². The summed E-state index contributed by atoms with van der Waals surface area (Å²) < 4.78 is 0.846. The molecule has 2 aromatic rings. The van der Waals surface area contributed by atoms with Crippen LogP contribution < -0.4 is 5.32 Å². The second-order valence-electron chi connectivity index (χ2n) is 3.34. The number of nitrogens with one attached hydrogen (secondary N) is 1. The number of aryl methyl sites for hydroxylation is 1. The molecule has 15 heavy (non-hydrogen) atoms. The van der Waals surface area contributed by atoms with Crippen molar-refractivity contribution >= 4 is 44.3 Å². The van der Waals surface area contributed by atoms with E-state index in [1.54, 1.807) is 0 Å². The molecule has 78 valence electrons. The Hall–Kier alpha value is -0.800. The van der Waals surface area contributed by atoms with Gasteiger partial charge in [0.15, 0.2) is 0 Å². The van der Waals surface area contributed by atoms with Crippen molar-refractivity contribution in [2.75, 3.05) is 12.4 Å². The van der Waals surface area contributed by atoms with Gasteiger partial charge in [-0.2, -0.15) is 0 Å². The van der Waals surface area contributed by atoms with Crippen LogP contribution in [-0.2, 0) is 0 Å². The molecule has 4 heteroatoms. The molecule has 0 saturated heterocycles. The summed E-state index contributed by atoms with van der Waals surface area (Å²) in [4.78, 5) is 4.51. The highest BCUT2D eigenvalue weighted by molar-refractivity contribution is 9.10. The van der Waals surface area contributed by atoms with Crippen molar-refractivity contribution in [3.05, 3.63) is 33.3 Å². The van der Waals surface area contributed by atoms with Crippen LogP contribution in [0, 0.1) is 6.92 Å². The van der Waals surface area contributed by atoms with Gasteiger partial charge in [0.25, 0.3) is 0 Å². The van der Waals surface area contributed by atoms with Crippen LogP contribution in [0.3, 0.4) is 0 Å². The number of aromatic nitrogens is 1. The highest BCUT2D eigenvalue weighted by Gasteiger charge is 2.07. The number of rotatable bonds is 1. The molecule has 2 rings (SSSR count). The molecular weight excluding hydrogens is 275 g/mol. The monoisotopic (exact) mass is 284 g/mol. The van der Waals surface area contributed by atoms with Crippen molar-refractivity contribution in [3.63, 3.8) is 0 Å². The van der Waals surface area contributed by atoms with Crippen molar-refractivity contribution in [1.29, 1.82) is 0 Å². The van der Waals surface area contributed by atoms with Gasteiger partial charge in [-0.3, -0.25) is 0 Å². The van der Waals surface area contributed by atoms with Crippen LogP contribution in [0.5, 0.6) is 0 Å². The first kappa shape index (κ1) is 10.7. The van der Waals surface area contributed by atoms with Crippen LogP contribution in [-0.4, -0.2) is 12.0 Å². The standard InChI is InChI=1S/C11H10BrClN2/c1-6-5-7-3-4-8(13)9(12)10(7)15-11(6)14-2/h3-5H,1-2H3,(H,14,15). The minimum atomic E-state index is 0.681. The molecule has 2 nitrogen and oxygen atoms in total. The van der Waals surface area contributed by atoms with Crippen molar-refractivity contribution < 1.29 is 0 Å². The highest BCUT2D eigenvalue weighted by Crippen LogP contribution is 2.31. The van der Waals surface area contributed by atoms with Crippen molar-refractivity contribution in [3.8, 4) is 0 Å². The predicted octanol–water partition coefficient (Wildman–Crippen LogP) is 4.00. The molecule has 0 bridgehead atoms. The van der Waals surface area contributed by atoms with Crippen LogP contribution in [0.2, 0.25) is 5.02 Å². The van der Waals surface area contributed by atoms with Crippen LogP contribution in [0.4, 0.5) is 5.82 Å². The molecule has 0 spiro atoms. The molecule has 0 aliphatic rings. The fraction of sp³-hybridized carbons (Fsp3) is 0.182. The molecule has 0 aliphatic heterocycles. The fourth-order valence-corrected chi connectivity index (χ4v) is 2.14. The van der Waals surface area contributed by atoms with Gasteiger partial charge in [-0.15, -0.1) is 0 Å². The molecule has 0 unspecified atom stereocenters. The first-order valence-electron chi connectivity index (χ1n) is 4.56. The van der Waals surface area contributed by atoms with E-state index in [1.807, 2.05) is 26.1 Å². The van der Waals surface area contributed by atoms with Crippen LogP contribution in [0.25, 0.3) is 10.9 Å².